The first kappa shape index (κ1) is 30.2. The van der Waals surface area contributed by atoms with Crippen LogP contribution in [0.25, 0.3) is 22.2 Å². The maximum atomic E-state index is 12.6. The lowest BCUT2D eigenvalue weighted by molar-refractivity contribution is -0.274. The second-order valence-electron chi connectivity index (χ2n) is 11.6. The number of aromatic nitrogens is 7. The summed E-state index contributed by atoms with van der Waals surface area (Å²) in [6.45, 7) is 5.10. The van der Waals surface area contributed by atoms with Crippen molar-refractivity contribution in [3.05, 3.63) is 83.2 Å². The van der Waals surface area contributed by atoms with Crippen LogP contribution in [-0.2, 0) is 19.5 Å². The lowest BCUT2D eigenvalue weighted by Crippen LogP contribution is -2.23. The number of H-pyrrole nitrogens is 1. The average Bonchev–Trinajstić information content (AvgIpc) is 3.63. The van der Waals surface area contributed by atoms with Gasteiger partial charge in [0, 0.05) is 41.6 Å². The molecule has 0 radical (unpaired) electrons. The van der Waals surface area contributed by atoms with E-state index in [4.69, 9.17) is 0 Å². The van der Waals surface area contributed by atoms with Crippen molar-refractivity contribution in [1.29, 1.82) is 0 Å². The van der Waals surface area contributed by atoms with Crippen LogP contribution >= 0.6 is 0 Å². The highest BCUT2D eigenvalue weighted by atomic mass is 19.4. The van der Waals surface area contributed by atoms with E-state index in [1.807, 2.05) is 18.2 Å². The van der Waals surface area contributed by atoms with Crippen molar-refractivity contribution in [2.75, 3.05) is 0 Å². The number of alkyl halides is 3. The van der Waals surface area contributed by atoms with Gasteiger partial charge >= 0.3 is 6.36 Å². The number of nitrogens with one attached hydrogen (secondary N) is 2. The molecular formula is C32H33F3N8O2. The third-order valence-corrected chi connectivity index (χ3v) is 7.73. The Morgan fingerprint density at radius 3 is 2.58 bits per heavy atom. The van der Waals surface area contributed by atoms with Gasteiger partial charge in [0.1, 0.15) is 5.75 Å². The van der Waals surface area contributed by atoms with Crippen LogP contribution in [0.3, 0.4) is 0 Å². The number of unbranched alkanes of at least 4 members (excludes halogenated alkanes) is 1. The minimum absolute atomic E-state index is 0.252. The molecule has 5 aromatic rings. The van der Waals surface area contributed by atoms with Crippen LogP contribution in [0.2, 0.25) is 0 Å². The van der Waals surface area contributed by atoms with Gasteiger partial charge in [-0.3, -0.25) is 14.5 Å². The minimum atomic E-state index is -4.74. The highest BCUT2D eigenvalue weighted by molar-refractivity contribution is 5.96. The third-order valence-electron chi connectivity index (χ3n) is 7.73. The molecule has 234 valence electrons. The van der Waals surface area contributed by atoms with Gasteiger partial charge in [-0.05, 0) is 79.3 Å². The van der Waals surface area contributed by atoms with Gasteiger partial charge in [-0.25, -0.2) is 0 Å². The van der Waals surface area contributed by atoms with E-state index in [9.17, 15) is 18.0 Å². The van der Waals surface area contributed by atoms with Crippen molar-refractivity contribution in [2.24, 2.45) is 0 Å². The fraction of sp³-hybridized carbons (Fsp3) is 0.375. The average molecular weight is 619 g/mol. The number of nitrogens with zero attached hydrogens (tertiary/aromatic N) is 6. The molecule has 1 fully saturated rings. The Hall–Kier alpha value is -4.81. The first-order valence-corrected chi connectivity index (χ1v) is 15.0. The van der Waals surface area contributed by atoms with Gasteiger partial charge in [0.15, 0.2) is 11.3 Å². The third kappa shape index (κ3) is 7.47. The Bertz CT molecular complexity index is 1780. The molecule has 2 N–H and O–H groups in total. The minimum Gasteiger partial charge on any atom is -0.406 e. The van der Waals surface area contributed by atoms with Gasteiger partial charge in [-0.2, -0.15) is 5.10 Å². The van der Waals surface area contributed by atoms with Crippen LogP contribution in [0, 0.1) is 0 Å². The second kappa shape index (κ2) is 12.7. The molecule has 0 spiro atoms. The lowest BCUT2D eigenvalue weighted by Gasteiger charge is -2.10. The number of aryl methyl sites for hydroxylation is 2. The molecule has 0 aliphatic heterocycles. The molecule has 1 aliphatic carbocycles. The zero-order valence-corrected chi connectivity index (χ0v) is 24.9. The highest BCUT2D eigenvalue weighted by Crippen LogP contribution is 2.46. The zero-order valence-electron chi connectivity index (χ0n) is 24.9. The van der Waals surface area contributed by atoms with Gasteiger partial charge in [0.2, 0.25) is 0 Å². The second-order valence-corrected chi connectivity index (χ2v) is 11.6. The maximum absolute atomic E-state index is 12.6. The first-order chi connectivity index (χ1) is 21.6. The molecule has 0 saturated heterocycles. The number of carbonyl (C=O) groups is 1. The van der Waals surface area contributed by atoms with Gasteiger partial charge in [-0.15, -0.1) is 23.4 Å². The molecule has 0 unspecified atom stereocenters. The Labute approximate surface area is 257 Å². The lowest BCUT2D eigenvalue weighted by atomic mass is 10.00. The summed E-state index contributed by atoms with van der Waals surface area (Å²) in [5, 5.41) is 20.7. The maximum Gasteiger partial charge on any atom is 0.573 e. The number of aromatic amines is 1. The molecular weight excluding hydrogens is 585 g/mol. The SMILES string of the molecule is CC(C)c1ccc(CNC(=O)c2cn(CCCCc3cc4c(-c5ccc(OC(F)(F)F)cc5)c(C5CC5)[nH]c4nn3)nn2)cn1. The predicted octanol–water partition coefficient (Wildman–Crippen LogP) is 6.46. The number of rotatable bonds is 12. The molecule has 4 heterocycles. The Kier molecular flexibility index (Phi) is 8.50. The van der Waals surface area contributed by atoms with E-state index < -0.39 is 6.36 Å². The summed E-state index contributed by atoms with van der Waals surface area (Å²) in [7, 11) is 0. The molecule has 1 aliphatic rings. The van der Waals surface area contributed by atoms with Crippen LogP contribution in [-0.4, -0.2) is 47.4 Å². The number of benzene rings is 1. The summed E-state index contributed by atoms with van der Waals surface area (Å²) >= 11 is 0. The van der Waals surface area contributed by atoms with Crippen molar-refractivity contribution in [3.8, 4) is 16.9 Å². The molecule has 10 nitrogen and oxygen atoms in total. The van der Waals surface area contributed by atoms with Crippen molar-refractivity contribution in [1.82, 2.24) is 40.5 Å². The highest BCUT2D eigenvalue weighted by Gasteiger charge is 2.32. The number of halogens is 3. The monoisotopic (exact) mass is 618 g/mol. The summed E-state index contributed by atoms with van der Waals surface area (Å²) < 4.78 is 43.6. The van der Waals surface area contributed by atoms with Crippen LogP contribution in [0.4, 0.5) is 13.2 Å². The van der Waals surface area contributed by atoms with Crippen molar-refractivity contribution in [3.63, 3.8) is 0 Å². The molecule has 1 saturated carbocycles. The number of ether oxygens (including phenoxy) is 1. The molecule has 1 amide bonds. The molecule has 13 heteroatoms. The Morgan fingerprint density at radius 2 is 1.89 bits per heavy atom. The fourth-order valence-electron chi connectivity index (χ4n) is 5.23. The molecule has 0 bridgehead atoms. The van der Waals surface area contributed by atoms with Gasteiger partial charge in [-0.1, -0.05) is 37.3 Å². The summed E-state index contributed by atoms with van der Waals surface area (Å²) in [6, 6.07) is 11.9. The van der Waals surface area contributed by atoms with E-state index in [0.717, 1.165) is 64.8 Å². The van der Waals surface area contributed by atoms with E-state index in [1.165, 1.54) is 12.1 Å². The summed E-state index contributed by atoms with van der Waals surface area (Å²) in [4.78, 5) is 20.4. The van der Waals surface area contributed by atoms with Crippen LogP contribution in [0.5, 0.6) is 5.75 Å². The Balaban J connectivity index is 1.05. The van der Waals surface area contributed by atoms with Crippen LogP contribution in [0.1, 0.15) is 84.5 Å². The zero-order chi connectivity index (χ0) is 31.6. The molecule has 1 aromatic carbocycles. The van der Waals surface area contributed by atoms with Gasteiger partial charge in [0.05, 0.1) is 11.9 Å². The van der Waals surface area contributed by atoms with E-state index in [-0.39, 0.29) is 17.4 Å². The number of hydrogen-bond acceptors (Lipinski definition) is 7. The number of amides is 1. The van der Waals surface area contributed by atoms with E-state index >= 15 is 0 Å². The molecule has 0 atom stereocenters. The molecule has 4 aromatic heterocycles. The number of carbonyl (C=O) groups excluding carboxylic acids is 1. The smallest absolute Gasteiger partial charge is 0.406 e. The molecule has 6 rings (SSSR count). The van der Waals surface area contributed by atoms with Crippen LogP contribution < -0.4 is 10.1 Å². The quantitative estimate of drug-likeness (QED) is 0.154. The predicted molar refractivity (Wildman–Crippen MR) is 160 cm³/mol. The van der Waals surface area contributed by atoms with Gasteiger partial charge < -0.3 is 15.0 Å². The fourth-order valence-corrected chi connectivity index (χ4v) is 5.23. The van der Waals surface area contributed by atoms with Crippen molar-refractivity contribution >= 4 is 16.9 Å². The summed E-state index contributed by atoms with van der Waals surface area (Å²) in [5.41, 5.74) is 6.41. The summed E-state index contributed by atoms with van der Waals surface area (Å²) in [6.07, 6.45) is 3.02. The van der Waals surface area contributed by atoms with E-state index in [0.29, 0.717) is 37.0 Å². The summed E-state index contributed by atoms with van der Waals surface area (Å²) in [5.74, 6) is 0.154. The number of hydrogen-bond donors (Lipinski definition) is 2. The van der Waals surface area contributed by atoms with Crippen molar-refractivity contribution < 1.29 is 22.7 Å². The number of fused-ring (bicyclic) bond motifs is 1. The van der Waals surface area contributed by atoms with E-state index in [2.05, 4.69) is 54.4 Å². The van der Waals surface area contributed by atoms with E-state index in [1.54, 1.807) is 29.2 Å². The normalized spacial score (nSPS) is 13.5. The van der Waals surface area contributed by atoms with Crippen LogP contribution in [0.15, 0.2) is 54.9 Å². The molecule has 45 heavy (non-hydrogen) atoms. The largest absolute Gasteiger partial charge is 0.573 e. The topological polar surface area (TPSA) is 124 Å². The first-order valence-electron chi connectivity index (χ1n) is 15.0. The standard InChI is InChI=1S/C32H33F3N8O2/c1-19(2)26-13-6-20(16-36-26)17-37-31(44)27-18-43(42-40-27)14-4-3-5-23-15-25-28(29(22-7-8-22)38-30(25)41-39-23)21-9-11-24(12-10-21)45-32(33,34)35/h6,9-13,15-16,18-19,22H,3-5,7-8,14,17H2,1-2H3,(H,37,44)(H,38,41). The number of pyridine rings is 1. The Morgan fingerprint density at radius 1 is 1.09 bits per heavy atom. The van der Waals surface area contributed by atoms with Crippen molar-refractivity contribution in [2.45, 2.75) is 77.2 Å². The van der Waals surface area contributed by atoms with Gasteiger partial charge in [0.25, 0.3) is 5.91 Å².